The number of nitrogens with one attached hydrogen (secondary N) is 1. The number of hydrogen-bond acceptors (Lipinski definition) is 3. The second kappa shape index (κ2) is 5.87. The molecular weight excluding hydrogens is 228 g/mol. The van der Waals surface area contributed by atoms with Crippen molar-refractivity contribution in [2.75, 3.05) is 6.61 Å². The molecular formula is C14H22N2O2. The third kappa shape index (κ3) is 5.19. The van der Waals surface area contributed by atoms with Gasteiger partial charge < -0.3 is 15.8 Å². The molecule has 0 aliphatic carbocycles. The zero-order valence-electron chi connectivity index (χ0n) is 11.5. The molecule has 0 bridgehead atoms. The standard InChI is InChI=1S/C14H22N2O2/c1-10(15)11-5-7-12(8-6-11)18-9-13(17)16-14(2,3)4/h5-8,10H,9,15H2,1-4H3,(H,16,17)/t10-/m1/s1. The van der Waals surface area contributed by atoms with Gasteiger partial charge in [-0.1, -0.05) is 12.1 Å². The average molecular weight is 250 g/mol. The molecule has 0 aliphatic heterocycles. The Labute approximate surface area is 109 Å². The summed E-state index contributed by atoms with van der Waals surface area (Å²) in [5, 5.41) is 2.84. The van der Waals surface area contributed by atoms with Crippen LogP contribution in [0.4, 0.5) is 0 Å². The average Bonchev–Trinajstić information content (AvgIpc) is 2.24. The first-order chi connectivity index (χ1) is 8.28. The van der Waals surface area contributed by atoms with E-state index in [0.29, 0.717) is 5.75 Å². The van der Waals surface area contributed by atoms with Crippen LogP contribution in [0.3, 0.4) is 0 Å². The highest BCUT2D eigenvalue weighted by Gasteiger charge is 2.13. The highest BCUT2D eigenvalue weighted by atomic mass is 16.5. The second-order valence-electron chi connectivity index (χ2n) is 5.44. The Morgan fingerprint density at radius 3 is 2.33 bits per heavy atom. The van der Waals surface area contributed by atoms with Gasteiger partial charge in [-0.3, -0.25) is 4.79 Å². The van der Waals surface area contributed by atoms with Crippen LogP contribution < -0.4 is 15.8 Å². The lowest BCUT2D eigenvalue weighted by Crippen LogP contribution is -2.43. The summed E-state index contributed by atoms with van der Waals surface area (Å²) in [5.74, 6) is 0.544. The van der Waals surface area contributed by atoms with Crippen LogP contribution in [0.5, 0.6) is 5.75 Å². The second-order valence-corrected chi connectivity index (χ2v) is 5.44. The van der Waals surface area contributed by atoms with Crippen molar-refractivity contribution in [1.29, 1.82) is 0 Å². The van der Waals surface area contributed by atoms with Crippen molar-refractivity contribution in [3.05, 3.63) is 29.8 Å². The fourth-order valence-electron chi connectivity index (χ4n) is 1.47. The number of carbonyl (C=O) groups excluding carboxylic acids is 1. The van der Waals surface area contributed by atoms with Gasteiger partial charge in [-0.05, 0) is 45.4 Å². The van der Waals surface area contributed by atoms with Crippen molar-refractivity contribution in [2.24, 2.45) is 5.73 Å². The summed E-state index contributed by atoms with van der Waals surface area (Å²) in [6.45, 7) is 7.74. The Bertz CT molecular complexity index is 391. The molecule has 0 spiro atoms. The molecule has 0 heterocycles. The van der Waals surface area contributed by atoms with Crippen molar-refractivity contribution in [1.82, 2.24) is 5.32 Å². The van der Waals surface area contributed by atoms with Gasteiger partial charge >= 0.3 is 0 Å². The Kier molecular flexibility index (Phi) is 4.73. The van der Waals surface area contributed by atoms with E-state index in [-0.39, 0.29) is 24.1 Å². The quantitative estimate of drug-likeness (QED) is 0.859. The minimum absolute atomic E-state index is 0.00300. The van der Waals surface area contributed by atoms with Crippen molar-refractivity contribution in [2.45, 2.75) is 39.3 Å². The van der Waals surface area contributed by atoms with Gasteiger partial charge in [-0.15, -0.1) is 0 Å². The van der Waals surface area contributed by atoms with Crippen LogP contribution >= 0.6 is 0 Å². The molecule has 4 nitrogen and oxygen atoms in total. The van der Waals surface area contributed by atoms with E-state index in [1.807, 2.05) is 52.0 Å². The van der Waals surface area contributed by atoms with E-state index in [9.17, 15) is 4.79 Å². The lowest BCUT2D eigenvalue weighted by atomic mass is 10.1. The van der Waals surface area contributed by atoms with E-state index in [1.54, 1.807) is 0 Å². The van der Waals surface area contributed by atoms with Crippen LogP contribution in [-0.4, -0.2) is 18.1 Å². The van der Waals surface area contributed by atoms with Crippen LogP contribution in [-0.2, 0) is 4.79 Å². The van der Waals surface area contributed by atoms with Crippen LogP contribution in [0, 0.1) is 0 Å². The fourth-order valence-corrected chi connectivity index (χ4v) is 1.47. The summed E-state index contributed by atoms with van der Waals surface area (Å²) in [6, 6.07) is 7.46. The van der Waals surface area contributed by atoms with E-state index in [4.69, 9.17) is 10.5 Å². The lowest BCUT2D eigenvalue weighted by molar-refractivity contribution is -0.124. The Morgan fingerprint density at radius 1 is 1.33 bits per heavy atom. The van der Waals surface area contributed by atoms with E-state index in [2.05, 4.69) is 5.32 Å². The lowest BCUT2D eigenvalue weighted by Gasteiger charge is -2.20. The topological polar surface area (TPSA) is 64.3 Å². The number of benzene rings is 1. The molecule has 18 heavy (non-hydrogen) atoms. The van der Waals surface area contributed by atoms with E-state index < -0.39 is 0 Å². The predicted molar refractivity (Wildman–Crippen MR) is 72.4 cm³/mol. The molecule has 0 saturated carbocycles. The van der Waals surface area contributed by atoms with Gasteiger partial charge in [0.1, 0.15) is 5.75 Å². The zero-order chi connectivity index (χ0) is 13.8. The molecule has 0 radical (unpaired) electrons. The van der Waals surface area contributed by atoms with Crippen LogP contribution in [0.15, 0.2) is 24.3 Å². The van der Waals surface area contributed by atoms with Crippen molar-refractivity contribution in [3.8, 4) is 5.75 Å². The normalized spacial score (nSPS) is 12.9. The van der Waals surface area contributed by atoms with Gasteiger partial charge in [0.15, 0.2) is 6.61 Å². The molecule has 1 amide bonds. The largest absolute Gasteiger partial charge is 0.484 e. The summed E-state index contributed by atoms with van der Waals surface area (Å²) in [6.07, 6.45) is 0. The number of amides is 1. The molecule has 3 N–H and O–H groups in total. The van der Waals surface area contributed by atoms with Crippen molar-refractivity contribution >= 4 is 5.91 Å². The SMILES string of the molecule is C[C@@H](N)c1ccc(OCC(=O)NC(C)(C)C)cc1. The molecule has 1 aromatic carbocycles. The minimum Gasteiger partial charge on any atom is -0.484 e. The Hall–Kier alpha value is -1.55. The molecule has 4 heteroatoms. The van der Waals surface area contributed by atoms with Gasteiger partial charge in [-0.25, -0.2) is 0 Å². The highest BCUT2D eigenvalue weighted by Crippen LogP contribution is 2.15. The molecule has 0 saturated heterocycles. The Morgan fingerprint density at radius 2 is 1.89 bits per heavy atom. The molecule has 1 aromatic rings. The first-order valence-electron chi connectivity index (χ1n) is 6.07. The Balaban J connectivity index is 2.46. The van der Waals surface area contributed by atoms with Crippen molar-refractivity contribution < 1.29 is 9.53 Å². The zero-order valence-corrected chi connectivity index (χ0v) is 11.5. The molecule has 1 rings (SSSR count). The van der Waals surface area contributed by atoms with E-state index in [0.717, 1.165) is 5.56 Å². The third-order valence-electron chi connectivity index (χ3n) is 2.29. The predicted octanol–water partition coefficient (Wildman–Crippen LogP) is 2.00. The molecule has 0 aliphatic rings. The van der Waals surface area contributed by atoms with Crippen LogP contribution in [0.1, 0.15) is 39.3 Å². The number of hydrogen-bond donors (Lipinski definition) is 2. The number of rotatable bonds is 4. The van der Waals surface area contributed by atoms with Crippen LogP contribution in [0.2, 0.25) is 0 Å². The van der Waals surface area contributed by atoms with Gasteiger partial charge in [0.05, 0.1) is 0 Å². The molecule has 0 aromatic heterocycles. The summed E-state index contributed by atoms with van der Waals surface area (Å²) in [7, 11) is 0. The van der Waals surface area contributed by atoms with Gasteiger partial charge in [0.2, 0.25) is 0 Å². The van der Waals surface area contributed by atoms with Crippen LogP contribution in [0.25, 0.3) is 0 Å². The molecule has 100 valence electrons. The van der Waals surface area contributed by atoms with Gasteiger partial charge in [0.25, 0.3) is 5.91 Å². The van der Waals surface area contributed by atoms with E-state index >= 15 is 0 Å². The first-order valence-corrected chi connectivity index (χ1v) is 6.07. The first kappa shape index (κ1) is 14.5. The molecule has 1 atom stereocenters. The highest BCUT2D eigenvalue weighted by molar-refractivity contribution is 5.78. The minimum atomic E-state index is -0.237. The van der Waals surface area contributed by atoms with E-state index in [1.165, 1.54) is 0 Å². The van der Waals surface area contributed by atoms with Gasteiger partial charge in [-0.2, -0.15) is 0 Å². The number of carbonyl (C=O) groups is 1. The smallest absolute Gasteiger partial charge is 0.258 e. The monoisotopic (exact) mass is 250 g/mol. The summed E-state index contributed by atoms with van der Waals surface area (Å²) >= 11 is 0. The maximum atomic E-state index is 11.6. The number of ether oxygens (including phenoxy) is 1. The number of nitrogens with two attached hydrogens (primary N) is 1. The van der Waals surface area contributed by atoms with Crippen molar-refractivity contribution in [3.63, 3.8) is 0 Å². The summed E-state index contributed by atoms with van der Waals surface area (Å²) in [4.78, 5) is 11.6. The maximum absolute atomic E-state index is 11.6. The third-order valence-corrected chi connectivity index (χ3v) is 2.29. The molecule has 0 fully saturated rings. The van der Waals surface area contributed by atoms with Gasteiger partial charge in [0, 0.05) is 11.6 Å². The maximum Gasteiger partial charge on any atom is 0.258 e. The summed E-state index contributed by atoms with van der Waals surface area (Å²) in [5.41, 5.74) is 6.56. The summed E-state index contributed by atoms with van der Waals surface area (Å²) < 4.78 is 5.40. The molecule has 0 unspecified atom stereocenters. The fraction of sp³-hybridized carbons (Fsp3) is 0.500.